The molecule has 0 spiro atoms. The first-order valence-electron chi connectivity index (χ1n) is 10.4. The molecule has 1 aliphatic heterocycles. The number of benzene rings is 3. The average Bonchev–Trinajstić information content (AvgIpc) is 3.20. The maximum Gasteiger partial charge on any atom is 0.335 e. The fourth-order valence-corrected chi connectivity index (χ4v) is 4.82. The van der Waals surface area contributed by atoms with Crippen molar-refractivity contribution in [2.24, 2.45) is 0 Å². The molecule has 6 nitrogen and oxygen atoms in total. The van der Waals surface area contributed by atoms with E-state index < -0.39 is 12.1 Å². The Balaban J connectivity index is 1.26. The van der Waals surface area contributed by atoms with Gasteiger partial charge in [0.1, 0.15) is 35.0 Å². The predicted octanol–water partition coefficient (Wildman–Crippen LogP) is 5.14. The van der Waals surface area contributed by atoms with Crippen molar-refractivity contribution in [3.63, 3.8) is 0 Å². The van der Waals surface area contributed by atoms with Crippen molar-refractivity contribution >= 4 is 27.5 Å². The predicted molar refractivity (Wildman–Crippen MR) is 121 cm³/mol. The summed E-state index contributed by atoms with van der Waals surface area (Å²) in [5.41, 5.74) is 2.32. The zero-order valence-corrected chi connectivity index (χ0v) is 18.2. The van der Waals surface area contributed by atoms with Crippen LogP contribution in [0.1, 0.15) is 39.0 Å². The number of fused-ring (bicyclic) bond motifs is 2. The van der Waals surface area contributed by atoms with Crippen LogP contribution in [0.2, 0.25) is 0 Å². The van der Waals surface area contributed by atoms with E-state index in [0.29, 0.717) is 35.4 Å². The summed E-state index contributed by atoms with van der Waals surface area (Å²) in [5.74, 6) is -0.139. The summed E-state index contributed by atoms with van der Waals surface area (Å²) in [5, 5.41) is 20.6. The van der Waals surface area contributed by atoms with E-state index in [1.165, 1.54) is 23.5 Å². The Morgan fingerprint density at radius 1 is 1.18 bits per heavy atom. The molecule has 2 N–H and O–H groups in total. The number of carbonyl (C=O) groups is 1. The number of aromatic carboxylic acids is 1. The first kappa shape index (κ1) is 21.4. The van der Waals surface area contributed by atoms with Crippen molar-refractivity contribution in [2.45, 2.75) is 31.7 Å². The Kier molecular flexibility index (Phi) is 5.70. The normalized spacial score (nSPS) is 17.4. The zero-order valence-electron chi connectivity index (χ0n) is 17.4. The first-order chi connectivity index (χ1) is 15.9. The summed E-state index contributed by atoms with van der Waals surface area (Å²) in [4.78, 5) is 15.6. The highest BCUT2D eigenvalue weighted by molar-refractivity contribution is 7.18. The Hall–Kier alpha value is -3.49. The van der Waals surface area contributed by atoms with Crippen molar-refractivity contribution in [1.82, 2.24) is 4.98 Å². The molecule has 0 radical (unpaired) electrons. The number of aromatic nitrogens is 1. The number of ether oxygens (including phenoxy) is 2. The van der Waals surface area contributed by atoms with Gasteiger partial charge in [-0.2, -0.15) is 0 Å². The first-order valence-corrected chi connectivity index (χ1v) is 11.2. The lowest BCUT2D eigenvalue weighted by Gasteiger charge is -2.30. The van der Waals surface area contributed by atoms with Crippen LogP contribution in [-0.2, 0) is 13.0 Å². The summed E-state index contributed by atoms with van der Waals surface area (Å²) in [6, 6.07) is 16.5. The van der Waals surface area contributed by atoms with E-state index in [4.69, 9.17) is 9.47 Å². The Morgan fingerprint density at radius 3 is 2.91 bits per heavy atom. The van der Waals surface area contributed by atoms with Gasteiger partial charge in [0.15, 0.2) is 0 Å². The van der Waals surface area contributed by atoms with Crippen LogP contribution in [0.15, 0.2) is 60.7 Å². The van der Waals surface area contributed by atoms with Gasteiger partial charge in [-0.05, 0) is 48.0 Å². The van der Waals surface area contributed by atoms with Gasteiger partial charge in [-0.1, -0.05) is 12.1 Å². The van der Waals surface area contributed by atoms with Crippen LogP contribution in [0.5, 0.6) is 11.5 Å². The number of rotatable bonds is 6. The third kappa shape index (κ3) is 4.67. The van der Waals surface area contributed by atoms with Gasteiger partial charge in [0.05, 0.1) is 21.9 Å². The summed E-state index contributed by atoms with van der Waals surface area (Å²) in [6.07, 6.45) is -0.118. The second-order valence-electron chi connectivity index (χ2n) is 7.91. The lowest BCUT2D eigenvalue weighted by molar-refractivity contribution is 0.0653. The highest BCUT2D eigenvalue weighted by Crippen LogP contribution is 2.38. The molecule has 2 atom stereocenters. The van der Waals surface area contributed by atoms with Crippen molar-refractivity contribution in [3.05, 3.63) is 88.2 Å². The number of hydrogen-bond acceptors (Lipinski definition) is 6. The quantitative estimate of drug-likeness (QED) is 0.410. The van der Waals surface area contributed by atoms with E-state index in [0.717, 1.165) is 15.3 Å². The number of carboxylic acids is 1. The van der Waals surface area contributed by atoms with E-state index in [-0.39, 0.29) is 24.1 Å². The third-order valence-electron chi connectivity index (χ3n) is 5.51. The summed E-state index contributed by atoms with van der Waals surface area (Å²) >= 11 is 1.44. The number of aliphatic hydroxyl groups is 1. The molecule has 5 rings (SSSR count). The minimum absolute atomic E-state index is 0.226. The van der Waals surface area contributed by atoms with Gasteiger partial charge in [-0.15, -0.1) is 11.3 Å². The molecule has 1 aromatic heterocycles. The molecule has 0 aliphatic carbocycles. The van der Waals surface area contributed by atoms with E-state index >= 15 is 0 Å². The molecule has 0 saturated heterocycles. The van der Waals surface area contributed by atoms with Crippen LogP contribution in [0.3, 0.4) is 0 Å². The topological polar surface area (TPSA) is 88.9 Å². The number of carboxylic acid groups (broad SMARTS) is 1. The monoisotopic (exact) mass is 465 g/mol. The number of nitrogens with zero attached hydrogens (tertiary/aromatic N) is 1. The molecule has 0 unspecified atom stereocenters. The largest absolute Gasteiger partial charge is 0.490 e. The van der Waals surface area contributed by atoms with Crippen LogP contribution in [0.25, 0.3) is 10.2 Å². The molecule has 0 saturated carbocycles. The van der Waals surface area contributed by atoms with Gasteiger partial charge in [-0.25, -0.2) is 14.2 Å². The van der Waals surface area contributed by atoms with E-state index in [9.17, 15) is 19.4 Å². The molecular formula is C25H20FNO5S. The molecule has 0 fully saturated rings. The maximum absolute atomic E-state index is 13.4. The molecule has 3 aromatic carbocycles. The van der Waals surface area contributed by atoms with Crippen LogP contribution in [0, 0.1) is 5.82 Å². The van der Waals surface area contributed by atoms with Crippen LogP contribution >= 0.6 is 11.3 Å². The smallest absolute Gasteiger partial charge is 0.335 e. The number of halogens is 1. The SMILES string of the molecule is O=C(O)c1cccc(C[C@H]2C[C@@H](O)c3cc(OCc4nc5cc(F)ccc5s4)ccc3O2)c1. The molecule has 8 heteroatoms. The third-order valence-corrected chi connectivity index (χ3v) is 6.52. The van der Waals surface area contributed by atoms with Crippen molar-refractivity contribution in [3.8, 4) is 11.5 Å². The molecular weight excluding hydrogens is 445 g/mol. The molecule has 2 heterocycles. The van der Waals surface area contributed by atoms with Gasteiger partial charge in [-0.3, -0.25) is 0 Å². The van der Waals surface area contributed by atoms with E-state index in [1.807, 2.05) is 6.07 Å². The fourth-order valence-electron chi connectivity index (χ4n) is 3.96. The van der Waals surface area contributed by atoms with E-state index in [1.54, 1.807) is 42.5 Å². The summed E-state index contributed by atoms with van der Waals surface area (Å²) in [7, 11) is 0. The molecule has 33 heavy (non-hydrogen) atoms. The highest BCUT2D eigenvalue weighted by Gasteiger charge is 2.28. The zero-order chi connectivity index (χ0) is 22.9. The Morgan fingerprint density at radius 2 is 2.06 bits per heavy atom. The molecule has 0 amide bonds. The standard InChI is InChI=1S/C25H20FNO5S/c26-16-4-7-23-20(10-16)27-24(33-23)13-31-17-5-6-22-19(11-17)21(28)12-18(32-22)9-14-2-1-3-15(8-14)25(29)30/h1-8,10-11,18,21,28H,9,12-13H2,(H,29,30)/t18-,21+/m0/s1. The van der Waals surface area contributed by atoms with Gasteiger partial charge in [0, 0.05) is 24.5 Å². The average molecular weight is 466 g/mol. The lowest BCUT2D eigenvalue weighted by atomic mass is 9.94. The van der Waals surface area contributed by atoms with Crippen LogP contribution in [-0.4, -0.2) is 27.3 Å². The summed E-state index contributed by atoms with van der Waals surface area (Å²) in [6.45, 7) is 0.235. The highest BCUT2D eigenvalue weighted by atomic mass is 32.1. The van der Waals surface area contributed by atoms with Gasteiger partial charge < -0.3 is 19.7 Å². The van der Waals surface area contributed by atoms with Crippen LogP contribution < -0.4 is 9.47 Å². The van der Waals surface area contributed by atoms with E-state index in [2.05, 4.69) is 4.98 Å². The number of thiazole rings is 1. The molecule has 4 aromatic rings. The van der Waals surface area contributed by atoms with Crippen LogP contribution in [0.4, 0.5) is 4.39 Å². The maximum atomic E-state index is 13.4. The number of aliphatic hydroxyl groups excluding tert-OH is 1. The second kappa shape index (κ2) is 8.80. The lowest BCUT2D eigenvalue weighted by Crippen LogP contribution is -2.27. The second-order valence-corrected chi connectivity index (χ2v) is 9.02. The van der Waals surface area contributed by atoms with Crippen molar-refractivity contribution < 1.29 is 28.9 Å². The van der Waals surface area contributed by atoms with Gasteiger partial charge in [0.2, 0.25) is 0 Å². The van der Waals surface area contributed by atoms with Crippen molar-refractivity contribution in [2.75, 3.05) is 0 Å². The molecule has 0 bridgehead atoms. The minimum atomic E-state index is -0.975. The Labute approximate surface area is 192 Å². The fraction of sp³-hybridized carbons (Fsp3) is 0.200. The minimum Gasteiger partial charge on any atom is -0.490 e. The van der Waals surface area contributed by atoms with Gasteiger partial charge in [0.25, 0.3) is 0 Å². The van der Waals surface area contributed by atoms with Crippen molar-refractivity contribution in [1.29, 1.82) is 0 Å². The Bertz CT molecular complexity index is 1340. The number of hydrogen-bond donors (Lipinski definition) is 2. The molecule has 1 aliphatic rings. The summed E-state index contributed by atoms with van der Waals surface area (Å²) < 4.78 is 26.2. The molecule has 168 valence electrons. The van der Waals surface area contributed by atoms with Gasteiger partial charge >= 0.3 is 5.97 Å².